The highest BCUT2D eigenvalue weighted by Crippen LogP contribution is 2.25. The average Bonchev–Trinajstić information content (AvgIpc) is 2.60. The van der Waals surface area contributed by atoms with Crippen molar-refractivity contribution in [1.29, 1.82) is 0 Å². The van der Waals surface area contributed by atoms with Gasteiger partial charge in [-0.05, 0) is 37.2 Å². The van der Waals surface area contributed by atoms with E-state index in [0.717, 1.165) is 5.71 Å². The first-order valence-corrected chi connectivity index (χ1v) is 5.47. The van der Waals surface area contributed by atoms with Crippen molar-refractivity contribution in [2.75, 3.05) is 11.6 Å². The van der Waals surface area contributed by atoms with E-state index < -0.39 is 0 Å². The van der Waals surface area contributed by atoms with E-state index in [1.165, 1.54) is 17.1 Å². The van der Waals surface area contributed by atoms with Crippen LogP contribution < -0.4 is 10.7 Å². The van der Waals surface area contributed by atoms with Gasteiger partial charge in [0.1, 0.15) is 5.82 Å². The summed E-state index contributed by atoms with van der Waals surface area (Å²) in [4.78, 5) is 11.8. The molecule has 1 aromatic carbocycles. The van der Waals surface area contributed by atoms with Crippen LogP contribution in [0.15, 0.2) is 23.3 Å². The molecule has 1 aliphatic heterocycles. The van der Waals surface area contributed by atoms with Crippen LogP contribution in [0.1, 0.15) is 18.4 Å². The van der Waals surface area contributed by atoms with Crippen LogP contribution in [0.4, 0.5) is 10.1 Å². The van der Waals surface area contributed by atoms with Gasteiger partial charge in [0.25, 0.3) is 5.91 Å². The first kappa shape index (κ1) is 11.7. The molecule has 0 spiro atoms. The monoisotopic (exact) mass is 235 g/mol. The molecule has 0 bridgehead atoms. The molecule has 0 saturated carbocycles. The van der Waals surface area contributed by atoms with Gasteiger partial charge in [-0.25, -0.2) is 9.40 Å². The number of benzene rings is 1. The molecule has 0 atom stereocenters. The molecule has 0 unspecified atom stereocenters. The van der Waals surface area contributed by atoms with Gasteiger partial charge in [-0.15, -0.1) is 0 Å². The van der Waals surface area contributed by atoms with Gasteiger partial charge in [-0.2, -0.15) is 5.10 Å². The molecule has 1 amide bonds. The van der Waals surface area contributed by atoms with Crippen molar-refractivity contribution >= 4 is 17.3 Å². The lowest BCUT2D eigenvalue weighted by Crippen LogP contribution is -2.20. The summed E-state index contributed by atoms with van der Waals surface area (Å²) >= 11 is 0. The van der Waals surface area contributed by atoms with Crippen LogP contribution in [0, 0.1) is 12.7 Å². The summed E-state index contributed by atoms with van der Waals surface area (Å²) in [5.74, 6) is -0.410. The first-order chi connectivity index (χ1) is 8.11. The number of aryl methyl sites for hydroxylation is 1. The number of carbonyl (C=O) groups excluding carboxylic acids is 1. The van der Waals surface area contributed by atoms with E-state index in [1.54, 1.807) is 13.0 Å². The number of anilines is 1. The van der Waals surface area contributed by atoms with Crippen molar-refractivity contribution in [1.82, 2.24) is 0 Å². The Hall–Kier alpha value is -1.75. The van der Waals surface area contributed by atoms with Crippen molar-refractivity contribution in [3.63, 3.8) is 0 Å². The Morgan fingerprint density at radius 3 is 2.94 bits per heavy atom. The topological polar surface area (TPSA) is 58.7 Å². The number of hydrogen-bond acceptors (Lipinski definition) is 3. The van der Waals surface area contributed by atoms with Crippen LogP contribution in [0.5, 0.6) is 0 Å². The second-order valence-corrected chi connectivity index (χ2v) is 4.02. The minimum Gasteiger partial charge on any atom is -0.330 e. The second-order valence-electron chi connectivity index (χ2n) is 4.02. The summed E-state index contributed by atoms with van der Waals surface area (Å²) in [6.45, 7) is 2.23. The number of hydrazone groups is 1. The van der Waals surface area contributed by atoms with Crippen LogP contribution >= 0.6 is 0 Å². The molecule has 1 heterocycles. The molecule has 1 aliphatic rings. The van der Waals surface area contributed by atoms with Crippen molar-refractivity contribution in [3.8, 4) is 0 Å². The van der Waals surface area contributed by atoms with Crippen molar-refractivity contribution in [2.45, 2.75) is 19.8 Å². The van der Waals surface area contributed by atoms with E-state index in [0.29, 0.717) is 30.6 Å². The molecule has 5 heteroatoms. The summed E-state index contributed by atoms with van der Waals surface area (Å²) in [5, 5.41) is 5.55. The zero-order chi connectivity index (χ0) is 12.4. The third-order valence-corrected chi connectivity index (χ3v) is 2.65. The highest BCUT2D eigenvalue weighted by molar-refractivity contribution is 6.13. The number of nitrogens with two attached hydrogens (primary N) is 1. The van der Waals surface area contributed by atoms with Crippen LogP contribution in [0.3, 0.4) is 0 Å². The van der Waals surface area contributed by atoms with Crippen LogP contribution in [0.2, 0.25) is 0 Å². The minimum absolute atomic E-state index is 0.0943. The van der Waals surface area contributed by atoms with Crippen LogP contribution in [-0.4, -0.2) is 18.2 Å². The molecule has 17 heavy (non-hydrogen) atoms. The Labute approximate surface area is 98.9 Å². The summed E-state index contributed by atoms with van der Waals surface area (Å²) < 4.78 is 13.0. The van der Waals surface area contributed by atoms with E-state index >= 15 is 0 Å². The Morgan fingerprint density at radius 2 is 2.29 bits per heavy atom. The number of carbonyl (C=O) groups is 1. The van der Waals surface area contributed by atoms with Gasteiger partial charge in [-0.3, -0.25) is 4.79 Å². The lowest BCUT2D eigenvalue weighted by molar-refractivity contribution is -0.116. The fraction of sp³-hybridized carbons (Fsp3) is 0.333. The quantitative estimate of drug-likeness (QED) is 0.864. The number of nitrogens with zero attached hydrogens (tertiary/aromatic N) is 2. The fourth-order valence-electron chi connectivity index (χ4n) is 1.83. The van der Waals surface area contributed by atoms with E-state index in [9.17, 15) is 9.18 Å². The first-order valence-electron chi connectivity index (χ1n) is 5.47. The summed E-state index contributed by atoms with van der Waals surface area (Å²) in [6.07, 6.45) is 0.913. The standard InChI is InChI=1S/C12H14FN3O/c1-8-6-9(13)2-3-11(8)16-12(17)7-10(15-16)4-5-14/h2-3,6H,4-5,7,14H2,1H3. The van der Waals surface area contributed by atoms with E-state index in [2.05, 4.69) is 5.10 Å². The minimum atomic E-state index is -0.316. The lowest BCUT2D eigenvalue weighted by Gasteiger charge is -2.14. The summed E-state index contributed by atoms with van der Waals surface area (Å²) in [7, 11) is 0. The van der Waals surface area contributed by atoms with Crippen LogP contribution in [0.25, 0.3) is 0 Å². The predicted octanol–water partition coefficient (Wildman–Crippen LogP) is 1.58. The Balaban J connectivity index is 2.30. The highest BCUT2D eigenvalue weighted by Gasteiger charge is 2.25. The molecule has 90 valence electrons. The molecule has 0 aromatic heterocycles. The number of hydrogen-bond donors (Lipinski definition) is 1. The lowest BCUT2D eigenvalue weighted by atomic mass is 10.2. The van der Waals surface area contributed by atoms with Crippen molar-refractivity contribution in [2.24, 2.45) is 10.8 Å². The van der Waals surface area contributed by atoms with Gasteiger partial charge in [0.15, 0.2) is 0 Å². The second kappa shape index (κ2) is 4.63. The van der Waals surface area contributed by atoms with E-state index in [-0.39, 0.29) is 11.7 Å². The average molecular weight is 235 g/mol. The Bertz CT molecular complexity index is 485. The third-order valence-electron chi connectivity index (χ3n) is 2.65. The molecule has 2 N–H and O–H groups in total. The van der Waals surface area contributed by atoms with Crippen molar-refractivity contribution < 1.29 is 9.18 Å². The zero-order valence-electron chi connectivity index (χ0n) is 9.61. The smallest absolute Gasteiger partial charge is 0.253 e. The third kappa shape index (κ3) is 2.34. The molecular weight excluding hydrogens is 221 g/mol. The van der Waals surface area contributed by atoms with Gasteiger partial charge < -0.3 is 5.73 Å². The number of rotatable bonds is 3. The molecule has 0 radical (unpaired) electrons. The van der Waals surface area contributed by atoms with Crippen molar-refractivity contribution in [3.05, 3.63) is 29.6 Å². The molecular formula is C12H14FN3O. The number of halogens is 1. The van der Waals surface area contributed by atoms with Gasteiger partial charge in [0, 0.05) is 12.1 Å². The van der Waals surface area contributed by atoms with E-state index in [1.807, 2.05) is 0 Å². The molecule has 0 fully saturated rings. The predicted molar refractivity (Wildman–Crippen MR) is 64.3 cm³/mol. The molecule has 4 nitrogen and oxygen atoms in total. The molecule has 2 rings (SSSR count). The molecule has 1 aromatic rings. The zero-order valence-corrected chi connectivity index (χ0v) is 9.61. The van der Waals surface area contributed by atoms with E-state index in [4.69, 9.17) is 5.73 Å². The number of amides is 1. The normalized spacial score (nSPS) is 15.4. The largest absolute Gasteiger partial charge is 0.330 e. The van der Waals surface area contributed by atoms with Gasteiger partial charge in [0.05, 0.1) is 12.1 Å². The fourth-order valence-corrected chi connectivity index (χ4v) is 1.83. The SMILES string of the molecule is Cc1cc(F)ccc1N1N=C(CCN)CC1=O. The van der Waals surface area contributed by atoms with Gasteiger partial charge >= 0.3 is 0 Å². The Kier molecular flexibility index (Phi) is 3.19. The maximum atomic E-state index is 13.0. The maximum Gasteiger partial charge on any atom is 0.253 e. The summed E-state index contributed by atoms with van der Waals surface area (Å²) in [5.41, 5.74) is 7.53. The van der Waals surface area contributed by atoms with Crippen LogP contribution in [-0.2, 0) is 4.79 Å². The maximum absolute atomic E-state index is 13.0. The summed E-state index contributed by atoms with van der Waals surface area (Å²) in [6, 6.07) is 4.28. The molecule has 0 aliphatic carbocycles. The molecule has 0 saturated heterocycles. The Morgan fingerprint density at radius 1 is 1.53 bits per heavy atom. The van der Waals surface area contributed by atoms with Gasteiger partial charge in [-0.1, -0.05) is 0 Å². The van der Waals surface area contributed by atoms with Gasteiger partial charge in [0.2, 0.25) is 0 Å². The highest BCUT2D eigenvalue weighted by atomic mass is 19.1.